The molecule has 2 heterocycles. The highest BCUT2D eigenvalue weighted by Crippen LogP contribution is 2.36. The van der Waals surface area contributed by atoms with Crippen LogP contribution in [0.25, 0.3) is 21.9 Å². The van der Waals surface area contributed by atoms with Crippen LogP contribution < -0.4 is 5.73 Å². The fraction of sp³-hybridized carbons (Fsp3) is 0.444. The molecule has 1 unspecified atom stereocenters. The van der Waals surface area contributed by atoms with E-state index in [9.17, 15) is 0 Å². The SMILES string of the molecule is CCOCC(n1cnc2c(N)nc3ccccc3c21)C(C)(C)C. The standard InChI is InChI=1S/C18H24N4O/c1-5-23-10-14(18(2,3)4)22-11-20-15-16(22)12-8-6-7-9-13(12)21-17(15)19/h6-9,11,14H,5,10H2,1-4H3,(H2,19,21). The summed E-state index contributed by atoms with van der Waals surface area (Å²) in [5.74, 6) is 0.474. The van der Waals surface area contributed by atoms with E-state index in [1.165, 1.54) is 0 Å². The summed E-state index contributed by atoms with van der Waals surface area (Å²) in [5.41, 5.74) is 8.84. The van der Waals surface area contributed by atoms with E-state index in [4.69, 9.17) is 10.5 Å². The van der Waals surface area contributed by atoms with Crippen molar-refractivity contribution in [2.24, 2.45) is 5.41 Å². The number of pyridine rings is 1. The number of hydrogen-bond donors (Lipinski definition) is 1. The van der Waals surface area contributed by atoms with Gasteiger partial charge in [-0.05, 0) is 18.4 Å². The molecule has 0 bridgehead atoms. The van der Waals surface area contributed by atoms with E-state index in [-0.39, 0.29) is 11.5 Å². The van der Waals surface area contributed by atoms with Crippen molar-refractivity contribution in [2.45, 2.75) is 33.7 Å². The Hall–Kier alpha value is -2.14. The summed E-state index contributed by atoms with van der Waals surface area (Å²) in [6.45, 7) is 10.0. The molecular formula is C18H24N4O. The van der Waals surface area contributed by atoms with Crippen LogP contribution in [0.4, 0.5) is 5.82 Å². The first-order valence-electron chi connectivity index (χ1n) is 8.02. The molecule has 0 saturated carbocycles. The summed E-state index contributed by atoms with van der Waals surface area (Å²) in [4.78, 5) is 9.00. The molecule has 0 saturated heterocycles. The van der Waals surface area contributed by atoms with Gasteiger partial charge in [0.2, 0.25) is 0 Å². The summed E-state index contributed by atoms with van der Waals surface area (Å²) in [5, 5.41) is 1.07. The summed E-state index contributed by atoms with van der Waals surface area (Å²) in [6.07, 6.45) is 1.87. The highest BCUT2D eigenvalue weighted by molar-refractivity contribution is 6.06. The van der Waals surface area contributed by atoms with E-state index in [2.05, 4.69) is 41.4 Å². The number of nitrogen functional groups attached to an aromatic ring is 1. The number of imidazole rings is 1. The van der Waals surface area contributed by atoms with Crippen molar-refractivity contribution >= 4 is 27.8 Å². The van der Waals surface area contributed by atoms with Crippen molar-refractivity contribution in [1.29, 1.82) is 0 Å². The molecule has 2 aromatic heterocycles. The Morgan fingerprint density at radius 1 is 1.26 bits per heavy atom. The number of nitrogens with two attached hydrogens (primary N) is 1. The molecule has 3 rings (SSSR count). The Labute approximate surface area is 136 Å². The van der Waals surface area contributed by atoms with Crippen LogP contribution in [0.3, 0.4) is 0 Å². The first-order valence-corrected chi connectivity index (χ1v) is 8.02. The topological polar surface area (TPSA) is 66.0 Å². The summed E-state index contributed by atoms with van der Waals surface area (Å²) < 4.78 is 7.94. The summed E-state index contributed by atoms with van der Waals surface area (Å²) in [6, 6.07) is 8.21. The molecule has 0 aliphatic heterocycles. The number of hydrogen-bond acceptors (Lipinski definition) is 4. The Balaban J connectivity index is 2.28. The van der Waals surface area contributed by atoms with Gasteiger partial charge in [0.15, 0.2) is 5.82 Å². The average molecular weight is 312 g/mol. The van der Waals surface area contributed by atoms with Gasteiger partial charge in [0.05, 0.1) is 30.0 Å². The Morgan fingerprint density at radius 3 is 2.70 bits per heavy atom. The molecule has 2 N–H and O–H groups in total. The quantitative estimate of drug-likeness (QED) is 0.796. The number of para-hydroxylation sites is 1. The van der Waals surface area contributed by atoms with Crippen molar-refractivity contribution in [3.8, 4) is 0 Å². The Morgan fingerprint density at radius 2 is 2.00 bits per heavy atom. The van der Waals surface area contributed by atoms with Crippen LogP contribution in [0, 0.1) is 5.41 Å². The van der Waals surface area contributed by atoms with E-state index in [0.29, 0.717) is 19.0 Å². The molecule has 5 heteroatoms. The molecule has 1 aromatic carbocycles. The Kier molecular flexibility index (Phi) is 3.98. The van der Waals surface area contributed by atoms with Gasteiger partial charge in [-0.3, -0.25) is 0 Å². The lowest BCUT2D eigenvalue weighted by Crippen LogP contribution is -2.28. The molecular weight excluding hydrogens is 288 g/mol. The van der Waals surface area contributed by atoms with Crippen molar-refractivity contribution in [3.63, 3.8) is 0 Å². The average Bonchev–Trinajstić information content (AvgIpc) is 2.92. The van der Waals surface area contributed by atoms with Gasteiger partial charge in [-0.1, -0.05) is 39.0 Å². The van der Waals surface area contributed by atoms with Crippen molar-refractivity contribution in [2.75, 3.05) is 18.9 Å². The predicted octanol–water partition coefficient (Wildman–Crippen LogP) is 3.79. The van der Waals surface area contributed by atoms with Crippen molar-refractivity contribution in [3.05, 3.63) is 30.6 Å². The van der Waals surface area contributed by atoms with Gasteiger partial charge in [0, 0.05) is 12.0 Å². The van der Waals surface area contributed by atoms with Gasteiger partial charge in [-0.25, -0.2) is 9.97 Å². The smallest absolute Gasteiger partial charge is 0.152 e. The zero-order valence-corrected chi connectivity index (χ0v) is 14.2. The molecule has 0 aliphatic rings. The highest BCUT2D eigenvalue weighted by atomic mass is 16.5. The molecule has 0 spiro atoms. The van der Waals surface area contributed by atoms with E-state index < -0.39 is 0 Å². The molecule has 3 aromatic rings. The minimum absolute atomic E-state index is 0.0297. The van der Waals surface area contributed by atoms with E-state index >= 15 is 0 Å². The van der Waals surface area contributed by atoms with Gasteiger partial charge in [0.25, 0.3) is 0 Å². The second-order valence-electron chi connectivity index (χ2n) is 6.90. The highest BCUT2D eigenvalue weighted by Gasteiger charge is 2.28. The lowest BCUT2D eigenvalue weighted by Gasteiger charge is -2.32. The number of nitrogens with zero attached hydrogens (tertiary/aromatic N) is 3. The molecule has 122 valence electrons. The monoisotopic (exact) mass is 312 g/mol. The maximum atomic E-state index is 6.13. The molecule has 0 radical (unpaired) electrons. The molecule has 5 nitrogen and oxygen atoms in total. The minimum Gasteiger partial charge on any atom is -0.382 e. The van der Waals surface area contributed by atoms with Gasteiger partial charge in [-0.2, -0.15) is 0 Å². The van der Waals surface area contributed by atoms with Crippen LogP contribution in [0.5, 0.6) is 0 Å². The number of rotatable bonds is 4. The van der Waals surface area contributed by atoms with Gasteiger partial charge < -0.3 is 15.0 Å². The van der Waals surface area contributed by atoms with Crippen LogP contribution in [0.1, 0.15) is 33.7 Å². The van der Waals surface area contributed by atoms with E-state index in [1.54, 1.807) is 0 Å². The second kappa shape index (κ2) is 5.81. The largest absolute Gasteiger partial charge is 0.382 e. The fourth-order valence-corrected chi connectivity index (χ4v) is 2.98. The van der Waals surface area contributed by atoms with E-state index in [1.807, 2.05) is 31.5 Å². The fourth-order valence-electron chi connectivity index (χ4n) is 2.98. The number of ether oxygens (including phenoxy) is 1. The lowest BCUT2D eigenvalue weighted by molar-refractivity contribution is 0.0702. The number of aromatic nitrogens is 3. The summed E-state index contributed by atoms with van der Waals surface area (Å²) in [7, 11) is 0. The third-order valence-electron chi connectivity index (χ3n) is 4.25. The van der Waals surface area contributed by atoms with Gasteiger partial charge >= 0.3 is 0 Å². The first kappa shape index (κ1) is 15.7. The van der Waals surface area contributed by atoms with Crippen LogP contribution in [0.15, 0.2) is 30.6 Å². The van der Waals surface area contributed by atoms with Gasteiger partial charge in [0.1, 0.15) is 5.52 Å². The molecule has 23 heavy (non-hydrogen) atoms. The van der Waals surface area contributed by atoms with Crippen molar-refractivity contribution in [1.82, 2.24) is 14.5 Å². The van der Waals surface area contributed by atoms with E-state index in [0.717, 1.165) is 21.9 Å². The molecule has 0 aliphatic carbocycles. The Bertz CT molecular complexity index is 832. The van der Waals surface area contributed by atoms with Crippen LogP contribution in [-0.2, 0) is 4.74 Å². The third kappa shape index (κ3) is 2.77. The van der Waals surface area contributed by atoms with Crippen LogP contribution >= 0.6 is 0 Å². The van der Waals surface area contributed by atoms with Gasteiger partial charge in [-0.15, -0.1) is 0 Å². The predicted molar refractivity (Wildman–Crippen MR) is 94.4 cm³/mol. The molecule has 0 fully saturated rings. The minimum atomic E-state index is 0.0297. The zero-order valence-electron chi connectivity index (χ0n) is 14.2. The second-order valence-corrected chi connectivity index (χ2v) is 6.90. The molecule has 0 amide bonds. The normalized spacial score (nSPS) is 13.7. The van der Waals surface area contributed by atoms with Crippen LogP contribution in [-0.4, -0.2) is 27.7 Å². The summed E-state index contributed by atoms with van der Waals surface area (Å²) >= 11 is 0. The third-order valence-corrected chi connectivity index (χ3v) is 4.25. The maximum Gasteiger partial charge on any atom is 0.152 e. The van der Waals surface area contributed by atoms with Crippen LogP contribution in [0.2, 0.25) is 0 Å². The number of anilines is 1. The van der Waals surface area contributed by atoms with Crippen molar-refractivity contribution < 1.29 is 4.74 Å². The first-order chi connectivity index (χ1) is 10.9. The number of fused-ring (bicyclic) bond motifs is 3. The molecule has 1 atom stereocenters. The maximum absolute atomic E-state index is 6.13. The zero-order chi connectivity index (χ0) is 16.6. The lowest BCUT2D eigenvalue weighted by atomic mass is 9.87. The number of benzene rings is 1.